The molecule has 7 heteroatoms. The van der Waals surface area contributed by atoms with Crippen LogP contribution in [0.25, 0.3) is 0 Å². The van der Waals surface area contributed by atoms with E-state index < -0.39 is 10.0 Å². The van der Waals surface area contributed by atoms with Crippen LogP contribution in [-0.2, 0) is 14.8 Å². The highest BCUT2D eigenvalue weighted by Crippen LogP contribution is 2.27. The second-order valence-electron chi connectivity index (χ2n) is 5.17. The van der Waals surface area contributed by atoms with Gasteiger partial charge in [0.2, 0.25) is 5.91 Å². The zero-order chi connectivity index (χ0) is 17.2. The van der Waals surface area contributed by atoms with E-state index in [0.717, 1.165) is 0 Å². The molecule has 0 aliphatic heterocycles. The Morgan fingerprint density at radius 3 is 2.39 bits per heavy atom. The lowest BCUT2D eigenvalue weighted by Gasteiger charge is -2.15. The molecule has 0 aliphatic rings. The van der Waals surface area contributed by atoms with Crippen molar-refractivity contribution in [2.24, 2.45) is 0 Å². The van der Waals surface area contributed by atoms with E-state index in [1.165, 1.54) is 13.0 Å². The summed E-state index contributed by atoms with van der Waals surface area (Å²) < 4.78 is 27.8. The van der Waals surface area contributed by atoms with E-state index in [1.807, 2.05) is 0 Å². The van der Waals surface area contributed by atoms with Gasteiger partial charge in [0.05, 0.1) is 10.6 Å². The molecular formula is C16H17ClN2O3S. The van der Waals surface area contributed by atoms with Gasteiger partial charge in [0.15, 0.2) is 0 Å². The lowest BCUT2D eigenvalue weighted by molar-refractivity contribution is -0.114. The lowest BCUT2D eigenvalue weighted by Crippen LogP contribution is -2.16. The Kier molecular flexibility index (Phi) is 4.97. The first-order chi connectivity index (χ1) is 10.7. The summed E-state index contributed by atoms with van der Waals surface area (Å²) in [7, 11) is -3.78. The molecule has 0 radical (unpaired) electrons. The molecule has 0 spiro atoms. The van der Waals surface area contributed by atoms with Crippen molar-refractivity contribution in [3.8, 4) is 0 Å². The fourth-order valence-corrected chi connectivity index (χ4v) is 3.77. The van der Waals surface area contributed by atoms with Crippen molar-refractivity contribution in [3.05, 3.63) is 52.5 Å². The van der Waals surface area contributed by atoms with E-state index in [9.17, 15) is 13.2 Å². The number of hydrogen-bond donors (Lipinski definition) is 2. The molecule has 1 amide bonds. The Bertz CT molecular complexity index is 864. The van der Waals surface area contributed by atoms with Gasteiger partial charge in [-0.2, -0.15) is 0 Å². The van der Waals surface area contributed by atoms with Gasteiger partial charge in [-0.3, -0.25) is 9.52 Å². The number of hydrogen-bond acceptors (Lipinski definition) is 3. The van der Waals surface area contributed by atoms with Crippen molar-refractivity contribution in [2.75, 3.05) is 10.0 Å². The Hall–Kier alpha value is -2.05. The van der Waals surface area contributed by atoms with Gasteiger partial charge >= 0.3 is 0 Å². The number of benzene rings is 2. The monoisotopic (exact) mass is 352 g/mol. The number of halogens is 1. The van der Waals surface area contributed by atoms with Crippen LogP contribution in [0.2, 0.25) is 5.02 Å². The molecule has 0 aromatic heterocycles. The lowest BCUT2D eigenvalue weighted by atomic mass is 10.1. The van der Waals surface area contributed by atoms with Crippen LogP contribution in [0, 0.1) is 13.8 Å². The minimum Gasteiger partial charge on any atom is -0.326 e. The Labute approximate surface area is 140 Å². The second kappa shape index (κ2) is 6.60. The molecule has 0 saturated carbocycles. The average Bonchev–Trinajstić information content (AvgIpc) is 2.45. The smallest absolute Gasteiger partial charge is 0.262 e. The minimum atomic E-state index is -3.78. The van der Waals surface area contributed by atoms with Gasteiger partial charge in [0.25, 0.3) is 10.0 Å². The van der Waals surface area contributed by atoms with Gasteiger partial charge in [-0.05, 0) is 49.2 Å². The summed E-state index contributed by atoms with van der Waals surface area (Å²) in [5.41, 5.74) is 2.18. The van der Waals surface area contributed by atoms with E-state index in [-0.39, 0.29) is 10.8 Å². The molecule has 0 saturated heterocycles. The van der Waals surface area contributed by atoms with Crippen LogP contribution in [0.1, 0.15) is 18.1 Å². The van der Waals surface area contributed by atoms with E-state index in [4.69, 9.17) is 11.6 Å². The summed E-state index contributed by atoms with van der Waals surface area (Å²) in [5, 5.41) is 3.01. The number of carbonyl (C=O) groups excluding carboxylic acids is 1. The van der Waals surface area contributed by atoms with E-state index in [0.29, 0.717) is 27.5 Å². The van der Waals surface area contributed by atoms with Crippen molar-refractivity contribution in [3.63, 3.8) is 0 Å². The highest BCUT2D eigenvalue weighted by molar-refractivity contribution is 7.92. The summed E-state index contributed by atoms with van der Waals surface area (Å²) in [6, 6.07) is 9.71. The van der Waals surface area contributed by atoms with Crippen LogP contribution in [0.3, 0.4) is 0 Å². The van der Waals surface area contributed by atoms with E-state index in [2.05, 4.69) is 10.0 Å². The zero-order valence-corrected chi connectivity index (χ0v) is 14.5. The highest BCUT2D eigenvalue weighted by Gasteiger charge is 2.19. The van der Waals surface area contributed by atoms with Gasteiger partial charge < -0.3 is 5.32 Å². The summed E-state index contributed by atoms with van der Waals surface area (Å²) >= 11 is 5.90. The number of anilines is 2. The first kappa shape index (κ1) is 17.3. The summed E-state index contributed by atoms with van der Waals surface area (Å²) in [5.74, 6) is -0.223. The van der Waals surface area contributed by atoms with Crippen LogP contribution in [0.4, 0.5) is 11.4 Å². The third-order valence-electron chi connectivity index (χ3n) is 3.33. The average molecular weight is 353 g/mol. The molecule has 0 fully saturated rings. The van der Waals surface area contributed by atoms with Crippen LogP contribution in [-0.4, -0.2) is 14.3 Å². The van der Waals surface area contributed by atoms with Gasteiger partial charge in [-0.25, -0.2) is 8.42 Å². The number of rotatable bonds is 4. The standard InChI is InChI=1S/C16H17ClN2O3S/c1-10-7-8-13(17)9-16(10)23(21,22)19-15-6-4-5-14(11(15)2)18-12(3)20/h4-9,19H,1-3H3,(H,18,20). The molecule has 23 heavy (non-hydrogen) atoms. The number of nitrogens with one attached hydrogen (secondary N) is 2. The molecule has 0 bridgehead atoms. The van der Waals surface area contributed by atoms with Crippen molar-refractivity contribution in [1.82, 2.24) is 0 Å². The Morgan fingerprint density at radius 1 is 1.09 bits per heavy atom. The molecule has 2 N–H and O–H groups in total. The number of carbonyl (C=O) groups is 1. The van der Waals surface area contributed by atoms with Crippen molar-refractivity contribution in [2.45, 2.75) is 25.7 Å². The molecule has 0 atom stereocenters. The molecule has 122 valence electrons. The molecule has 0 unspecified atom stereocenters. The number of sulfonamides is 1. The molecule has 0 heterocycles. The van der Waals surface area contributed by atoms with E-state index in [1.54, 1.807) is 44.2 Å². The third-order valence-corrected chi connectivity index (χ3v) is 5.07. The van der Waals surface area contributed by atoms with Gasteiger partial charge in [-0.1, -0.05) is 23.7 Å². The quantitative estimate of drug-likeness (QED) is 0.880. The zero-order valence-electron chi connectivity index (χ0n) is 13.0. The third kappa shape index (κ3) is 4.03. The molecule has 0 aliphatic carbocycles. The first-order valence-corrected chi connectivity index (χ1v) is 8.73. The maximum Gasteiger partial charge on any atom is 0.262 e. The van der Waals surface area contributed by atoms with E-state index >= 15 is 0 Å². The maximum absolute atomic E-state index is 12.6. The topological polar surface area (TPSA) is 75.3 Å². The predicted molar refractivity (Wildman–Crippen MR) is 92.5 cm³/mol. The first-order valence-electron chi connectivity index (χ1n) is 6.87. The summed E-state index contributed by atoms with van der Waals surface area (Å²) in [4.78, 5) is 11.3. The fraction of sp³-hybridized carbons (Fsp3) is 0.188. The predicted octanol–water partition coefficient (Wildman–Crippen LogP) is 3.72. The van der Waals surface area contributed by atoms with Gasteiger partial charge in [-0.15, -0.1) is 0 Å². The molecule has 2 aromatic carbocycles. The van der Waals surface area contributed by atoms with Crippen LogP contribution < -0.4 is 10.0 Å². The van der Waals surface area contributed by atoms with Gasteiger partial charge in [0, 0.05) is 17.6 Å². The second-order valence-corrected chi connectivity index (χ2v) is 7.26. The summed E-state index contributed by atoms with van der Waals surface area (Å²) in [6.07, 6.45) is 0. The summed E-state index contributed by atoms with van der Waals surface area (Å²) in [6.45, 7) is 4.82. The molecule has 2 aromatic rings. The molecule has 2 rings (SSSR count). The molecule has 5 nitrogen and oxygen atoms in total. The fourth-order valence-electron chi connectivity index (χ4n) is 2.13. The maximum atomic E-state index is 12.6. The van der Waals surface area contributed by atoms with Crippen LogP contribution in [0.5, 0.6) is 0 Å². The van der Waals surface area contributed by atoms with Crippen molar-refractivity contribution in [1.29, 1.82) is 0 Å². The largest absolute Gasteiger partial charge is 0.326 e. The van der Waals surface area contributed by atoms with Crippen molar-refractivity contribution >= 4 is 38.9 Å². The minimum absolute atomic E-state index is 0.120. The number of amides is 1. The van der Waals surface area contributed by atoms with Gasteiger partial charge in [0.1, 0.15) is 0 Å². The highest BCUT2D eigenvalue weighted by atomic mass is 35.5. The SMILES string of the molecule is CC(=O)Nc1cccc(NS(=O)(=O)c2cc(Cl)ccc2C)c1C. The Morgan fingerprint density at radius 2 is 1.74 bits per heavy atom. The molecular weight excluding hydrogens is 336 g/mol. The number of aryl methyl sites for hydroxylation is 1. The Balaban J connectivity index is 2.42. The van der Waals surface area contributed by atoms with Crippen molar-refractivity contribution < 1.29 is 13.2 Å². The van der Waals surface area contributed by atoms with Crippen LogP contribution in [0.15, 0.2) is 41.3 Å². The van der Waals surface area contributed by atoms with Crippen LogP contribution >= 0.6 is 11.6 Å². The normalized spacial score (nSPS) is 11.1.